The van der Waals surface area contributed by atoms with E-state index in [1.807, 2.05) is 0 Å². The molecule has 3 nitrogen and oxygen atoms in total. The summed E-state index contributed by atoms with van der Waals surface area (Å²) >= 11 is 5.86. The highest BCUT2D eigenvalue weighted by Crippen LogP contribution is 2.25. The number of aromatic nitrogens is 1. The fourth-order valence-corrected chi connectivity index (χ4v) is 2.02. The lowest BCUT2D eigenvalue weighted by Crippen LogP contribution is -2.31. The number of hydrazine groups is 1. The molecule has 1 aromatic carbocycles. The molecule has 2 rings (SSSR count). The Hall–Kier alpha value is -1.56. The third kappa shape index (κ3) is 3.07. The van der Waals surface area contributed by atoms with Crippen molar-refractivity contribution >= 4 is 11.6 Å². The van der Waals surface area contributed by atoms with E-state index in [0.717, 1.165) is 0 Å². The summed E-state index contributed by atoms with van der Waals surface area (Å²) in [5.41, 5.74) is 3.18. The number of nitrogens with one attached hydrogen (secondary N) is 1. The van der Waals surface area contributed by atoms with Crippen LogP contribution in [0.4, 0.5) is 8.78 Å². The summed E-state index contributed by atoms with van der Waals surface area (Å²) in [6.45, 7) is 0. The van der Waals surface area contributed by atoms with E-state index < -0.39 is 17.7 Å². The highest BCUT2D eigenvalue weighted by Gasteiger charge is 2.18. The van der Waals surface area contributed by atoms with Crippen molar-refractivity contribution in [2.45, 2.75) is 12.5 Å². The number of nitrogens with two attached hydrogens (primary N) is 1. The van der Waals surface area contributed by atoms with E-state index in [1.54, 1.807) is 12.1 Å². The van der Waals surface area contributed by atoms with Crippen LogP contribution in [0.1, 0.15) is 17.3 Å². The molecule has 0 aliphatic heterocycles. The van der Waals surface area contributed by atoms with Crippen molar-refractivity contribution in [3.05, 3.63) is 64.4 Å². The van der Waals surface area contributed by atoms with Gasteiger partial charge in [-0.2, -0.15) is 0 Å². The van der Waals surface area contributed by atoms with Crippen molar-refractivity contribution in [1.29, 1.82) is 0 Å². The Labute approximate surface area is 114 Å². The molecule has 100 valence electrons. The van der Waals surface area contributed by atoms with Gasteiger partial charge in [0.05, 0.1) is 16.8 Å². The first-order valence-corrected chi connectivity index (χ1v) is 6.00. The highest BCUT2D eigenvalue weighted by molar-refractivity contribution is 6.31. The number of pyridine rings is 1. The van der Waals surface area contributed by atoms with Gasteiger partial charge in [0.15, 0.2) is 0 Å². The molecular weight excluding hydrogens is 272 g/mol. The normalized spacial score (nSPS) is 12.4. The quantitative estimate of drug-likeness (QED) is 0.670. The van der Waals surface area contributed by atoms with Gasteiger partial charge < -0.3 is 0 Å². The number of rotatable bonds is 4. The summed E-state index contributed by atoms with van der Waals surface area (Å²) in [4.78, 5) is 3.94. The minimum Gasteiger partial charge on any atom is -0.271 e. The van der Waals surface area contributed by atoms with Crippen LogP contribution in [0.25, 0.3) is 0 Å². The summed E-state index contributed by atoms with van der Waals surface area (Å²) in [6, 6.07) is 6.66. The topological polar surface area (TPSA) is 50.9 Å². The summed E-state index contributed by atoms with van der Waals surface area (Å²) < 4.78 is 27.0. The second-order valence-corrected chi connectivity index (χ2v) is 4.38. The fourth-order valence-electron chi connectivity index (χ4n) is 1.81. The van der Waals surface area contributed by atoms with Gasteiger partial charge in [-0.1, -0.05) is 23.7 Å². The Balaban J connectivity index is 2.30. The zero-order valence-corrected chi connectivity index (χ0v) is 10.7. The summed E-state index contributed by atoms with van der Waals surface area (Å²) in [6.07, 6.45) is 1.71. The zero-order valence-electron chi connectivity index (χ0n) is 9.91. The maximum absolute atomic E-state index is 13.6. The van der Waals surface area contributed by atoms with Gasteiger partial charge in [-0.05, 0) is 30.2 Å². The highest BCUT2D eigenvalue weighted by atomic mass is 35.5. The minimum absolute atomic E-state index is 0.0130. The molecule has 19 heavy (non-hydrogen) atoms. The van der Waals surface area contributed by atoms with Crippen molar-refractivity contribution < 1.29 is 8.78 Å². The summed E-state index contributed by atoms with van der Waals surface area (Å²) in [5, 5.41) is 0.0130. The molecule has 1 heterocycles. The second kappa shape index (κ2) is 6.06. The Morgan fingerprint density at radius 2 is 1.95 bits per heavy atom. The molecule has 3 N–H and O–H groups in total. The average Bonchev–Trinajstić information content (AvgIpc) is 2.41. The van der Waals surface area contributed by atoms with Crippen LogP contribution in [0.5, 0.6) is 0 Å². The molecule has 1 unspecified atom stereocenters. The molecule has 0 bridgehead atoms. The third-order valence-electron chi connectivity index (χ3n) is 2.77. The van der Waals surface area contributed by atoms with Crippen LogP contribution in [0, 0.1) is 11.6 Å². The molecule has 0 saturated heterocycles. The predicted molar refractivity (Wildman–Crippen MR) is 69.4 cm³/mol. The van der Waals surface area contributed by atoms with E-state index in [2.05, 4.69) is 10.4 Å². The van der Waals surface area contributed by atoms with E-state index in [0.29, 0.717) is 5.56 Å². The molecule has 0 amide bonds. The van der Waals surface area contributed by atoms with E-state index in [1.165, 1.54) is 24.4 Å². The van der Waals surface area contributed by atoms with Crippen LogP contribution in [-0.2, 0) is 6.42 Å². The lowest BCUT2D eigenvalue weighted by atomic mass is 10.0. The summed E-state index contributed by atoms with van der Waals surface area (Å²) in [7, 11) is 0. The van der Waals surface area contributed by atoms with Gasteiger partial charge in [-0.25, -0.2) is 8.78 Å². The molecule has 0 aliphatic carbocycles. The van der Waals surface area contributed by atoms with Crippen molar-refractivity contribution in [2.24, 2.45) is 5.84 Å². The third-order valence-corrected chi connectivity index (χ3v) is 3.20. The van der Waals surface area contributed by atoms with Gasteiger partial charge in [0.2, 0.25) is 0 Å². The van der Waals surface area contributed by atoms with Gasteiger partial charge >= 0.3 is 0 Å². The fraction of sp³-hybridized carbons (Fsp3) is 0.154. The smallest absolute Gasteiger partial charge is 0.146 e. The van der Waals surface area contributed by atoms with E-state index >= 15 is 0 Å². The van der Waals surface area contributed by atoms with Crippen LogP contribution in [0.2, 0.25) is 5.02 Å². The van der Waals surface area contributed by atoms with Crippen LogP contribution in [0.3, 0.4) is 0 Å². The first-order chi connectivity index (χ1) is 9.13. The number of benzene rings is 1. The Bertz CT molecular complexity index is 578. The van der Waals surface area contributed by atoms with Gasteiger partial charge in [0.1, 0.15) is 11.6 Å². The standard InChI is InChI=1S/C13H12ClF2N3/c14-12-8(3-1-4-9(12)15)7-11(19-17)13-10(16)5-2-6-18-13/h1-6,11,19H,7,17H2. The lowest BCUT2D eigenvalue weighted by Gasteiger charge is -2.16. The van der Waals surface area contributed by atoms with Gasteiger partial charge in [-0.15, -0.1) is 0 Å². The predicted octanol–water partition coefficient (Wildman–Crippen LogP) is 2.76. The first kappa shape index (κ1) is 13.9. The van der Waals surface area contributed by atoms with Gasteiger partial charge in [-0.3, -0.25) is 16.3 Å². The Morgan fingerprint density at radius 1 is 1.21 bits per heavy atom. The summed E-state index contributed by atoms with van der Waals surface area (Å²) in [5.74, 6) is 4.42. The Kier molecular flexibility index (Phi) is 4.42. The largest absolute Gasteiger partial charge is 0.271 e. The molecule has 2 aromatic rings. The van der Waals surface area contributed by atoms with Crippen LogP contribution in [0.15, 0.2) is 36.5 Å². The van der Waals surface area contributed by atoms with Gasteiger partial charge in [0.25, 0.3) is 0 Å². The SMILES string of the molecule is NNC(Cc1cccc(F)c1Cl)c1ncccc1F. The van der Waals surface area contributed by atoms with E-state index in [4.69, 9.17) is 17.4 Å². The molecule has 1 aromatic heterocycles. The maximum atomic E-state index is 13.6. The van der Waals surface area contributed by atoms with Crippen LogP contribution in [-0.4, -0.2) is 4.98 Å². The van der Waals surface area contributed by atoms with Gasteiger partial charge in [0, 0.05) is 6.20 Å². The van der Waals surface area contributed by atoms with E-state index in [-0.39, 0.29) is 17.1 Å². The molecule has 6 heteroatoms. The lowest BCUT2D eigenvalue weighted by molar-refractivity contribution is 0.493. The number of hydrogen-bond donors (Lipinski definition) is 2. The first-order valence-electron chi connectivity index (χ1n) is 5.63. The molecule has 0 spiro atoms. The van der Waals surface area contributed by atoms with Crippen LogP contribution < -0.4 is 11.3 Å². The van der Waals surface area contributed by atoms with Crippen molar-refractivity contribution in [3.8, 4) is 0 Å². The van der Waals surface area contributed by atoms with E-state index in [9.17, 15) is 8.78 Å². The number of nitrogens with zero attached hydrogens (tertiary/aromatic N) is 1. The molecule has 0 saturated carbocycles. The zero-order chi connectivity index (χ0) is 13.8. The monoisotopic (exact) mass is 283 g/mol. The number of hydrogen-bond acceptors (Lipinski definition) is 3. The molecule has 1 atom stereocenters. The molecular formula is C13H12ClF2N3. The van der Waals surface area contributed by atoms with Crippen molar-refractivity contribution in [1.82, 2.24) is 10.4 Å². The Morgan fingerprint density at radius 3 is 2.63 bits per heavy atom. The van der Waals surface area contributed by atoms with Crippen LogP contribution >= 0.6 is 11.6 Å². The second-order valence-electron chi connectivity index (χ2n) is 4.01. The molecule has 0 radical (unpaired) electrons. The van der Waals surface area contributed by atoms with Crippen molar-refractivity contribution in [3.63, 3.8) is 0 Å². The minimum atomic E-state index is -0.583. The van der Waals surface area contributed by atoms with Crippen molar-refractivity contribution in [2.75, 3.05) is 0 Å². The number of halogens is 3. The average molecular weight is 284 g/mol. The molecule has 0 aliphatic rings. The maximum Gasteiger partial charge on any atom is 0.146 e. The molecule has 0 fully saturated rings.